The van der Waals surface area contributed by atoms with Crippen LogP contribution in [-0.2, 0) is 14.3 Å². The smallest absolute Gasteiger partial charge is 0.338 e. The van der Waals surface area contributed by atoms with Crippen LogP contribution < -0.4 is 20.1 Å². The second-order valence-corrected chi connectivity index (χ2v) is 6.84. The third-order valence-corrected chi connectivity index (χ3v) is 4.35. The summed E-state index contributed by atoms with van der Waals surface area (Å²) < 4.78 is 41.8. The molecule has 3 rings (SSSR count). The highest BCUT2D eigenvalue weighted by Crippen LogP contribution is 2.18. The summed E-state index contributed by atoms with van der Waals surface area (Å²) in [5.41, 5.74) is 0.450. The Hall–Kier alpha value is -4.47. The maximum atomic E-state index is 13.6. The molecule has 176 valence electrons. The van der Waals surface area contributed by atoms with E-state index in [1.807, 2.05) is 0 Å². The number of carbonyl (C=O) groups excluding carboxylic acids is 3. The van der Waals surface area contributed by atoms with Gasteiger partial charge in [0, 0.05) is 17.8 Å². The molecular formula is C24H20F2N2O6. The van der Waals surface area contributed by atoms with Gasteiger partial charge in [0.05, 0.1) is 18.4 Å². The van der Waals surface area contributed by atoms with Gasteiger partial charge >= 0.3 is 5.97 Å². The first-order valence-corrected chi connectivity index (χ1v) is 9.93. The van der Waals surface area contributed by atoms with Gasteiger partial charge < -0.3 is 24.8 Å². The fourth-order valence-electron chi connectivity index (χ4n) is 2.73. The SMILES string of the molecule is COc1cccc(NC(=O)COc2ccc(C(=O)OCC(=O)Nc3ccc(F)cc3F)cc2)c1. The van der Waals surface area contributed by atoms with Gasteiger partial charge in [-0.15, -0.1) is 0 Å². The van der Waals surface area contributed by atoms with Crippen LogP contribution in [0.2, 0.25) is 0 Å². The number of hydrogen-bond donors (Lipinski definition) is 2. The summed E-state index contributed by atoms with van der Waals surface area (Å²) in [6.45, 7) is -0.931. The average Bonchev–Trinajstić information content (AvgIpc) is 2.83. The van der Waals surface area contributed by atoms with E-state index in [0.29, 0.717) is 23.3 Å². The van der Waals surface area contributed by atoms with Crippen molar-refractivity contribution in [2.24, 2.45) is 0 Å². The maximum Gasteiger partial charge on any atom is 0.338 e. The third-order valence-electron chi connectivity index (χ3n) is 4.35. The topological polar surface area (TPSA) is 103 Å². The molecule has 0 aliphatic rings. The van der Waals surface area contributed by atoms with Crippen molar-refractivity contribution in [2.45, 2.75) is 0 Å². The number of nitrogens with one attached hydrogen (secondary N) is 2. The van der Waals surface area contributed by atoms with Crippen LogP contribution in [0.4, 0.5) is 20.2 Å². The molecule has 0 bridgehead atoms. The minimum absolute atomic E-state index is 0.133. The van der Waals surface area contributed by atoms with Gasteiger partial charge in [-0.2, -0.15) is 0 Å². The summed E-state index contributed by atoms with van der Waals surface area (Å²) in [5, 5.41) is 4.85. The molecule has 34 heavy (non-hydrogen) atoms. The number of halogens is 2. The van der Waals surface area contributed by atoms with Crippen molar-refractivity contribution >= 4 is 29.2 Å². The predicted octanol–water partition coefficient (Wildman–Crippen LogP) is 3.79. The number of amides is 2. The first-order valence-electron chi connectivity index (χ1n) is 9.93. The molecule has 0 aliphatic carbocycles. The Kier molecular flexibility index (Phi) is 8.11. The van der Waals surface area contributed by atoms with Gasteiger partial charge in [-0.3, -0.25) is 9.59 Å². The van der Waals surface area contributed by atoms with Crippen LogP contribution in [0.3, 0.4) is 0 Å². The quantitative estimate of drug-likeness (QED) is 0.462. The van der Waals surface area contributed by atoms with Crippen molar-refractivity contribution in [3.8, 4) is 11.5 Å². The lowest BCUT2D eigenvalue weighted by molar-refractivity contribution is -0.119. The fourth-order valence-corrected chi connectivity index (χ4v) is 2.73. The lowest BCUT2D eigenvalue weighted by Gasteiger charge is -2.09. The highest BCUT2D eigenvalue weighted by Gasteiger charge is 2.13. The zero-order valence-electron chi connectivity index (χ0n) is 18.0. The molecule has 0 fully saturated rings. The largest absolute Gasteiger partial charge is 0.497 e. The molecule has 3 aromatic carbocycles. The van der Waals surface area contributed by atoms with Crippen LogP contribution in [0.5, 0.6) is 11.5 Å². The van der Waals surface area contributed by atoms with E-state index in [9.17, 15) is 23.2 Å². The van der Waals surface area contributed by atoms with Crippen LogP contribution in [0, 0.1) is 11.6 Å². The number of ether oxygens (including phenoxy) is 3. The van der Waals surface area contributed by atoms with Crippen LogP contribution in [0.25, 0.3) is 0 Å². The number of benzene rings is 3. The van der Waals surface area contributed by atoms with E-state index in [2.05, 4.69) is 10.6 Å². The van der Waals surface area contributed by atoms with Crippen molar-refractivity contribution < 1.29 is 37.4 Å². The monoisotopic (exact) mass is 470 g/mol. The van der Waals surface area contributed by atoms with Crippen molar-refractivity contribution in [1.29, 1.82) is 0 Å². The van der Waals surface area contributed by atoms with Crippen LogP contribution in [0.1, 0.15) is 10.4 Å². The molecular weight excluding hydrogens is 450 g/mol. The molecule has 0 saturated carbocycles. The molecule has 0 saturated heterocycles. The van der Waals surface area contributed by atoms with Crippen LogP contribution >= 0.6 is 0 Å². The number of rotatable bonds is 9. The molecule has 0 spiro atoms. The minimum Gasteiger partial charge on any atom is -0.497 e. The highest BCUT2D eigenvalue weighted by molar-refractivity contribution is 5.95. The Morgan fingerprint density at radius 3 is 2.26 bits per heavy atom. The molecule has 8 nitrogen and oxygen atoms in total. The van der Waals surface area contributed by atoms with Gasteiger partial charge in [0.1, 0.15) is 23.1 Å². The van der Waals surface area contributed by atoms with E-state index < -0.39 is 30.1 Å². The number of hydrogen-bond acceptors (Lipinski definition) is 6. The molecule has 0 unspecified atom stereocenters. The van der Waals surface area contributed by atoms with Gasteiger partial charge in [-0.1, -0.05) is 6.07 Å². The molecule has 3 aromatic rings. The molecule has 10 heteroatoms. The summed E-state index contributed by atoms with van der Waals surface area (Å²) in [4.78, 5) is 36.0. The van der Waals surface area contributed by atoms with Gasteiger partial charge in [0.2, 0.25) is 0 Å². The third kappa shape index (κ3) is 7.02. The molecule has 0 atom stereocenters. The van der Waals surface area contributed by atoms with Gasteiger partial charge in [0.25, 0.3) is 11.8 Å². The first-order chi connectivity index (χ1) is 16.3. The number of esters is 1. The Morgan fingerprint density at radius 2 is 1.56 bits per heavy atom. The van der Waals surface area contributed by atoms with Crippen molar-refractivity contribution in [3.05, 3.63) is 83.9 Å². The first kappa shape index (κ1) is 24.2. The van der Waals surface area contributed by atoms with E-state index in [0.717, 1.165) is 12.1 Å². The van der Waals surface area contributed by atoms with E-state index >= 15 is 0 Å². The predicted molar refractivity (Wildman–Crippen MR) is 119 cm³/mol. The van der Waals surface area contributed by atoms with E-state index in [-0.39, 0.29) is 23.8 Å². The summed E-state index contributed by atoms with van der Waals surface area (Å²) in [6, 6.07) is 15.2. The molecule has 0 aromatic heterocycles. The Balaban J connectivity index is 1.44. The second-order valence-electron chi connectivity index (χ2n) is 6.84. The zero-order valence-corrected chi connectivity index (χ0v) is 18.0. The van der Waals surface area contributed by atoms with Crippen LogP contribution in [-0.4, -0.2) is 38.1 Å². The number of carbonyl (C=O) groups is 3. The lowest BCUT2D eigenvalue weighted by atomic mass is 10.2. The van der Waals surface area contributed by atoms with Crippen molar-refractivity contribution in [1.82, 2.24) is 0 Å². The second kappa shape index (κ2) is 11.4. The summed E-state index contributed by atoms with van der Waals surface area (Å²) in [6.07, 6.45) is 0. The number of anilines is 2. The van der Waals surface area contributed by atoms with E-state index in [4.69, 9.17) is 14.2 Å². The molecule has 2 amide bonds. The Morgan fingerprint density at radius 1 is 0.824 bits per heavy atom. The van der Waals surface area contributed by atoms with Crippen LogP contribution in [0.15, 0.2) is 66.7 Å². The molecule has 0 aliphatic heterocycles. The standard InChI is InChI=1S/C24H20F2N2O6/c1-32-19-4-2-3-17(12-19)27-22(29)13-33-18-8-5-15(6-9-18)24(31)34-14-23(30)28-21-10-7-16(25)11-20(21)26/h2-12H,13-14H2,1H3,(H,27,29)(H,28,30). The van der Waals surface area contributed by atoms with Gasteiger partial charge in [-0.25, -0.2) is 13.6 Å². The normalized spacial score (nSPS) is 10.2. The van der Waals surface area contributed by atoms with Crippen molar-refractivity contribution in [2.75, 3.05) is 31.0 Å². The van der Waals surface area contributed by atoms with Gasteiger partial charge in [-0.05, 0) is 48.5 Å². The van der Waals surface area contributed by atoms with E-state index in [1.165, 1.54) is 31.4 Å². The highest BCUT2D eigenvalue weighted by atomic mass is 19.1. The summed E-state index contributed by atoms with van der Waals surface area (Å²) in [5.74, 6) is -2.78. The zero-order chi connectivity index (χ0) is 24.5. The van der Waals surface area contributed by atoms with Crippen molar-refractivity contribution in [3.63, 3.8) is 0 Å². The molecule has 0 radical (unpaired) electrons. The average molecular weight is 470 g/mol. The Bertz CT molecular complexity index is 1180. The summed E-state index contributed by atoms with van der Waals surface area (Å²) in [7, 11) is 1.52. The van der Waals surface area contributed by atoms with E-state index in [1.54, 1.807) is 24.3 Å². The minimum atomic E-state index is -0.951. The Labute approximate surface area is 193 Å². The fraction of sp³-hybridized carbons (Fsp3) is 0.125. The molecule has 0 heterocycles. The maximum absolute atomic E-state index is 13.6. The van der Waals surface area contributed by atoms with Gasteiger partial charge in [0.15, 0.2) is 13.2 Å². The number of methoxy groups -OCH3 is 1. The lowest BCUT2D eigenvalue weighted by Crippen LogP contribution is -2.21. The molecule has 2 N–H and O–H groups in total. The summed E-state index contributed by atoms with van der Waals surface area (Å²) >= 11 is 0.